The van der Waals surface area contributed by atoms with E-state index in [1.807, 2.05) is 6.92 Å². The van der Waals surface area contributed by atoms with Crippen LogP contribution in [0, 0.1) is 5.41 Å². The molecule has 0 aliphatic heterocycles. The third-order valence-corrected chi connectivity index (χ3v) is 5.24. The third kappa shape index (κ3) is 5.66. The topological polar surface area (TPSA) is 145 Å². The first-order valence-electron chi connectivity index (χ1n) is 10.8. The summed E-state index contributed by atoms with van der Waals surface area (Å²) in [6, 6.07) is 17.6. The van der Waals surface area contributed by atoms with Crippen molar-refractivity contribution < 1.29 is 19.5 Å². The van der Waals surface area contributed by atoms with Crippen molar-refractivity contribution in [1.82, 2.24) is 5.32 Å². The first kappa shape index (κ1) is 24.2. The maximum absolute atomic E-state index is 13.0. The summed E-state index contributed by atoms with van der Waals surface area (Å²) in [5.74, 6) is -2.05. The number of amidine groups is 1. The van der Waals surface area contributed by atoms with Crippen LogP contribution in [0.3, 0.4) is 0 Å². The first-order chi connectivity index (χ1) is 16.3. The Balaban J connectivity index is 1.93. The molecule has 0 bridgehead atoms. The van der Waals surface area contributed by atoms with E-state index in [1.54, 1.807) is 60.7 Å². The minimum atomic E-state index is -1.20. The highest BCUT2D eigenvalue weighted by molar-refractivity contribution is 6.11. The lowest BCUT2D eigenvalue weighted by Gasteiger charge is -2.14. The number of carboxylic acids is 1. The number of carbonyl (C=O) groups excluding carboxylic acids is 2. The monoisotopic (exact) mass is 458 g/mol. The van der Waals surface area contributed by atoms with Gasteiger partial charge in [-0.2, -0.15) is 0 Å². The van der Waals surface area contributed by atoms with Crippen LogP contribution in [0.15, 0.2) is 66.7 Å². The molecule has 3 aromatic rings. The Kier molecular flexibility index (Phi) is 7.76. The number of aromatic carboxylic acids is 1. The van der Waals surface area contributed by atoms with E-state index in [0.29, 0.717) is 28.9 Å². The van der Waals surface area contributed by atoms with Gasteiger partial charge in [0.1, 0.15) is 5.84 Å². The van der Waals surface area contributed by atoms with Crippen LogP contribution in [0.2, 0.25) is 0 Å². The van der Waals surface area contributed by atoms with Crippen LogP contribution in [-0.2, 0) is 0 Å². The molecule has 0 spiro atoms. The minimum Gasteiger partial charge on any atom is -0.478 e. The number of nitrogen functional groups attached to an aromatic ring is 1. The Morgan fingerprint density at radius 1 is 0.882 bits per heavy atom. The summed E-state index contributed by atoms with van der Waals surface area (Å²) < 4.78 is 0. The summed E-state index contributed by atoms with van der Waals surface area (Å²) in [5.41, 5.74) is 7.69. The predicted octanol–water partition coefficient (Wildman–Crippen LogP) is 4.12. The molecule has 0 radical (unpaired) electrons. The lowest BCUT2D eigenvalue weighted by molar-refractivity contribution is 0.0697. The second-order valence-electron chi connectivity index (χ2n) is 7.67. The van der Waals surface area contributed by atoms with Crippen LogP contribution < -0.4 is 16.4 Å². The van der Waals surface area contributed by atoms with Gasteiger partial charge in [-0.05, 0) is 60.0 Å². The number of unbranched alkanes of at least 4 members (excludes halogenated alkanes) is 1. The largest absolute Gasteiger partial charge is 0.478 e. The molecule has 0 aromatic heterocycles. The van der Waals surface area contributed by atoms with Crippen LogP contribution >= 0.6 is 0 Å². The van der Waals surface area contributed by atoms with Gasteiger partial charge in [0, 0.05) is 28.9 Å². The molecule has 2 amide bonds. The number of carbonyl (C=O) groups is 3. The van der Waals surface area contributed by atoms with Gasteiger partial charge in [-0.3, -0.25) is 15.0 Å². The maximum Gasteiger partial charge on any atom is 0.336 e. The van der Waals surface area contributed by atoms with Crippen molar-refractivity contribution in [2.75, 3.05) is 11.9 Å². The van der Waals surface area contributed by atoms with Gasteiger partial charge in [0.25, 0.3) is 11.8 Å². The molecule has 174 valence electrons. The van der Waals surface area contributed by atoms with E-state index in [0.717, 1.165) is 12.8 Å². The Morgan fingerprint density at radius 2 is 1.53 bits per heavy atom. The highest BCUT2D eigenvalue weighted by Crippen LogP contribution is 2.29. The molecule has 3 rings (SSSR count). The molecule has 0 unspecified atom stereocenters. The highest BCUT2D eigenvalue weighted by atomic mass is 16.4. The zero-order valence-electron chi connectivity index (χ0n) is 18.7. The predicted molar refractivity (Wildman–Crippen MR) is 131 cm³/mol. The van der Waals surface area contributed by atoms with Crippen molar-refractivity contribution in [1.29, 1.82) is 5.41 Å². The number of rotatable bonds is 9. The van der Waals surface area contributed by atoms with Crippen molar-refractivity contribution in [2.45, 2.75) is 19.8 Å². The van der Waals surface area contributed by atoms with E-state index in [4.69, 9.17) is 11.1 Å². The lowest BCUT2D eigenvalue weighted by Crippen LogP contribution is -2.24. The van der Waals surface area contributed by atoms with Crippen molar-refractivity contribution in [3.8, 4) is 11.1 Å². The van der Waals surface area contributed by atoms with Gasteiger partial charge in [-0.1, -0.05) is 37.6 Å². The van der Waals surface area contributed by atoms with Gasteiger partial charge in [-0.25, -0.2) is 4.79 Å². The van der Waals surface area contributed by atoms with E-state index in [9.17, 15) is 19.5 Å². The number of nitrogens with two attached hydrogens (primary N) is 1. The summed E-state index contributed by atoms with van der Waals surface area (Å²) in [6.07, 6.45) is 1.76. The molecule has 0 aliphatic rings. The molecule has 0 saturated heterocycles. The van der Waals surface area contributed by atoms with E-state index in [-0.39, 0.29) is 28.4 Å². The fourth-order valence-corrected chi connectivity index (χ4v) is 3.43. The zero-order chi connectivity index (χ0) is 24.7. The summed E-state index contributed by atoms with van der Waals surface area (Å²) in [5, 5.41) is 22.8. The van der Waals surface area contributed by atoms with Gasteiger partial charge < -0.3 is 21.5 Å². The molecule has 0 saturated carbocycles. The van der Waals surface area contributed by atoms with Gasteiger partial charge in [0.05, 0.1) is 5.56 Å². The Hall–Kier alpha value is -4.46. The van der Waals surface area contributed by atoms with Crippen molar-refractivity contribution in [2.24, 2.45) is 5.73 Å². The summed E-state index contributed by atoms with van der Waals surface area (Å²) >= 11 is 0. The summed E-state index contributed by atoms with van der Waals surface area (Å²) in [4.78, 5) is 37.5. The fraction of sp³-hybridized carbons (Fsp3) is 0.154. The number of hydrogen-bond donors (Lipinski definition) is 5. The Morgan fingerprint density at radius 3 is 2.18 bits per heavy atom. The van der Waals surface area contributed by atoms with Crippen LogP contribution in [0.1, 0.15) is 56.4 Å². The zero-order valence-corrected chi connectivity index (χ0v) is 18.7. The van der Waals surface area contributed by atoms with E-state index >= 15 is 0 Å². The molecule has 3 aromatic carbocycles. The normalized spacial score (nSPS) is 10.4. The van der Waals surface area contributed by atoms with E-state index < -0.39 is 11.9 Å². The Bertz CT molecular complexity index is 1240. The SMILES string of the molecule is CCCCNC(=O)c1ccc(-c2ccccc2C(=O)Nc2ccc(C(=N)N)cc2)c(C(=O)O)c1. The second kappa shape index (κ2) is 10.9. The summed E-state index contributed by atoms with van der Waals surface area (Å²) in [7, 11) is 0. The van der Waals surface area contributed by atoms with Crippen LogP contribution in [0.4, 0.5) is 5.69 Å². The lowest BCUT2D eigenvalue weighted by atomic mass is 9.93. The molecule has 0 fully saturated rings. The van der Waals surface area contributed by atoms with Crippen molar-refractivity contribution >= 4 is 29.3 Å². The van der Waals surface area contributed by atoms with E-state index in [1.165, 1.54) is 6.07 Å². The molecule has 8 nitrogen and oxygen atoms in total. The maximum atomic E-state index is 13.0. The van der Waals surface area contributed by atoms with Gasteiger partial charge in [0.15, 0.2) is 0 Å². The van der Waals surface area contributed by atoms with Gasteiger partial charge >= 0.3 is 5.97 Å². The van der Waals surface area contributed by atoms with Crippen molar-refractivity contribution in [3.63, 3.8) is 0 Å². The average molecular weight is 459 g/mol. The minimum absolute atomic E-state index is 0.0748. The Labute approximate surface area is 197 Å². The molecule has 0 aliphatic carbocycles. The average Bonchev–Trinajstić information content (AvgIpc) is 2.84. The molecule has 0 atom stereocenters. The van der Waals surface area contributed by atoms with Crippen molar-refractivity contribution in [3.05, 3.63) is 89.0 Å². The van der Waals surface area contributed by atoms with Gasteiger partial charge in [0.2, 0.25) is 0 Å². The number of amides is 2. The molecule has 0 heterocycles. The number of anilines is 1. The molecule has 8 heteroatoms. The third-order valence-electron chi connectivity index (χ3n) is 5.24. The quantitative estimate of drug-likeness (QED) is 0.186. The molecular weight excluding hydrogens is 432 g/mol. The van der Waals surface area contributed by atoms with Crippen LogP contribution in [-0.4, -0.2) is 35.3 Å². The van der Waals surface area contributed by atoms with Gasteiger partial charge in [-0.15, -0.1) is 0 Å². The molecule has 34 heavy (non-hydrogen) atoms. The second-order valence-corrected chi connectivity index (χ2v) is 7.67. The van der Waals surface area contributed by atoms with E-state index in [2.05, 4.69) is 10.6 Å². The smallest absolute Gasteiger partial charge is 0.336 e. The first-order valence-corrected chi connectivity index (χ1v) is 10.8. The number of hydrogen-bond acceptors (Lipinski definition) is 4. The number of carboxylic acid groups (broad SMARTS) is 1. The molecule has 6 N–H and O–H groups in total. The summed E-state index contributed by atoms with van der Waals surface area (Å²) in [6.45, 7) is 2.52. The van der Waals surface area contributed by atoms with Crippen LogP contribution in [0.5, 0.6) is 0 Å². The van der Waals surface area contributed by atoms with Crippen LogP contribution in [0.25, 0.3) is 11.1 Å². The molecular formula is C26H26N4O4. The number of benzene rings is 3. The standard InChI is InChI=1S/C26H26N4O4/c1-2-3-14-29-24(31)17-10-13-20(22(15-17)26(33)34)19-6-4-5-7-21(19)25(32)30-18-11-8-16(9-12-18)23(27)28/h4-13,15H,2-3,14H2,1H3,(H3,27,28)(H,29,31)(H,30,32)(H,33,34). The number of nitrogens with one attached hydrogen (secondary N) is 3. The highest BCUT2D eigenvalue weighted by Gasteiger charge is 2.20. The fourth-order valence-electron chi connectivity index (χ4n) is 3.43.